The number of nitrogens with zero attached hydrogens (tertiary/aromatic N) is 4. The fourth-order valence-electron chi connectivity index (χ4n) is 17.1. The lowest BCUT2D eigenvalue weighted by molar-refractivity contribution is -0.146. The summed E-state index contributed by atoms with van der Waals surface area (Å²) < 4.78 is 14.7. The maximum absolute atomic E-state index is 13.4. The molecule has 4 unspecified atom stereocenters. The first-order valence-electron chi connectivity index (χ1n) is 39.7. The number of hydrogen-bond acceptors (Lipinski definition) is 16. The first kappa shape index (κ1) is 87.7. The van der Waals surface area contributed by atoms with Crippen LogP contribution in [0.1, 0.15) is 230 Å². The first-order valence-corrected chi connectivity index (χ1v) is 44.7. The second-order valence-corrected chi connectivity index (χ2v) is 45.2. The van der Waals surface area contributed by atoms with Gasteiger partial charge in [0.05, 0.1) is 45.3 Å². The Morgan fingerprint density at radius 2 is 0.908 bits per heavy atom. The van der Waals surface area contributed by atoms with Crippen LogP contribution in [0.4, 0.5) is 0 Å². The third-order valence-corrected chi connectivity index (χ3v) is 36.5. The number of amides is 6. The Balaban J connectivity index is 0.000000230. The second kappa shape index (κ2) is 37.7. The van der Waals surface area contributed by atoms with Crippen LogP contribution in [0.15, 0.2) is 83.9 Å². The molecule has 4 aromatic rings. The quantitative estimate of drug-likeness (QED) is 0.0178. The number of carboxylic acid groups (broad SMARTS) is 2. The zero-order chi connectivity index (χ0) is 80.4. The molecular weight excluding hydrogens is 1490 g/mol. The van der Waals surface area contributed by atoms with Crippen molar-refractivity contribution >= 4 is 108 Å². The number of aromatic nitrogens is 2. The van der Waals surface area contributed by atoms with Gasteiger partial charge in [-0.05, 0) is 199 Å². The van der Waals surface area contributed by atoms with Crippen molar-refractivity contribution in [1.29, 1.82) is 0 Å². The summed E-state index contributed by atoms with van der Waals surface area (Å²) in [6, 6.07) is 15.8. The van der Waals surface area contributed by atoms with E-state index in [4.69, 9.17) is 13.8 Å². The summed E-state index contributed by atoms with van der Waals surface area (Å²) in [5.41, 5.74) is 10.9. The Morgan fingerprint density at radius 1 is 0.532 bits per heavy atom. The van der Waals surface area contributed by atoms with E-state index >= 15 is 0 Å². The summed E-state index contributed by atoms with van der Waals surface area (Å²) >= 11 is 3.46. The lowest BCUT2D eigenvalue weighted by Gasteiger charge is -2.44. The Kier molecular flexibility index (Phi) is 30.3. The average Bonchev–Trinajstić information content (AvgIpc) is 1.72. The van der Waals surface area contributed by atoms with Gasteiger partial charge in [0.15, 0.2) is 0 Å². The van der Waals surface area contributed by atoms with E-state index < -0.39 is 93.6 Å². The number of carbonyl (C=O) groups excluding carboxylic acids is 6. The van der Waals surface area contributed by atoms with Crippen molar-refractivity contribution in [2.24, 2.45) is 22.7 Å². The molecule has 0 radical (unpaired) electrons. The number of fused-ring (bicyclic) bond motifs is 2. The third-order valence-electron chi connectivity index (χ3n) is 23.7. The van der Waals surface area contributed by atoms with Crippen LogP contribution >= 0.6 is 15.9 Å². The highest BCUT2D eigenvalue weighted by atomic mass is 79.9. The molecule has 4 saturated carbocycles. The number of nitrogens with one attached hydrogen (secondary N) is 6. The molecule has 6 amide bonds. The minimum atomic E-state index is -2.15. The molecule has 6 aliphatic rings. The van der Waals surface area contributed by atoms with Gasteiger partial charge in [0.25, 0.3) is 11.8 Å². The van der Waals surface area contributed by atoms with Crippen molar-refractivity contribution in [1.82, 2.24) is 52.1 Å². The molecule has 2 aliphatic heterocycles. The largest absolute Gasteiger partial charge is 0.481 e. The average molecular weight is 1610 g/mol. The smallest absolute Gasteiger partial charge is 0.313 e. The molecule has 6 fully saturated rings. The van der Waals surface area contributed by atoms with Gasteiger partial charge in [0.1, 0.15) is 36.4 Å². The van der Waals surface area contributed by atoms with Gasteiger partial charge >= 0.3 is 11.9 Å². The van der Waals surface area contributed by atoms with E-state index in [1.165, 1.54) is 10.0 Å². The van der Waals surface area contributed by atoms with Crippen LogP contribution in [0.5, 0.6) is 0 Å². The predicted octanol–water partition coefficient (Wildman–Crippen LogP) is 12.9. The Morgan fingerprint density at radius 3 is 1.28 bits per heavy atom. The van der Waals surface area contributed by atoms with Crippen LogP contribution in [0.2, 0.25) is 33.2 Å². The van der Waals surface area contributed by atoms with E-state index in [0.29, 0.717) is 103 Å². The van der Waals surface area contributed by atoms with Crippen LogP contribution < -0.4 is 32.1 Å². The number of hydrogen-bond donors (Lipinski definition) is 10. The zero-order valence-corrected chi connectivity index (χ0v) is 70.5. The minimum Gasteiger partial charge on any atom is -0.481 e. The maximum atomic E-state index is 13.4. The molecule has 12 atom stereocenters. The van der Waals surface area contributed by atoms with Gasteiger partial charge in [-0.25, -0.2) is 10.9 Å². The monoisotopic (exact) mass is 1610 g/mol. The number of aliphatic hydroxyl groups excluding tert-OH is 2. The summed E-state index contributed by atoms with van der Waals surface area (Å²) in [7, 11) is -4.08. The lowest BCUT2D eigenvalue weighted by atomic mass is 9.85. The Hall–Kier alpha value is -6.83. The summed E-state index contributed by atoms with van der Waals surface area (Å²) in [5, 5.41) is 55.9. The van der Waals surface area contributed by atoms with Crippen molar-refractivity contribution in [3.63, 3.8) is 0 Å². The fraction of sp³-hybridized carbons (Fsp3) is 0.634. The normalized spacial score (nSPS) is 23.6. The van der Waals surface area contributed by atoms with Gasteiger partial charge in [0, 0.05) is 40.5 Å². The van der Waals surface area contributed by atoms with Crippen molar-refractivity contribution < 1.29 is 67.6 Å². The fourth-order valence-corrected chi connectivity index (χ4v) is 28.7. The van der Waals surface area contributed by atoms with Crippen LogP contribution in [0.3, 0.4) is 0 Å². The zero-order valence-electron chi connectivity index (χ0n) is 67.0. The molecule has 4 heterocycles. The molecule has 24 nitrogen and oxygen atoms in total. The van der Waals surface area contributed by atoms with Crippen LogP contribution in [-0.2, 0) is 47.2 Å². The predicted molar refractivity (Wildman–Crippen MR) is 432 cm³/mol. The van der Waals surface area contributed by atoms with Gasteiger partial charge in [-0.1, -0.05) is 148 Å². The molecule has 2 aromatic heterocycles. The van der Waals surface area contributed by atoms with E-state index in [-0.39, 0.29) is 53.7 Å². The van der Waals surface area contributed by atoms with E-state index in [9.17, 15) is 58.8 Å². The molecule has 10 N–H and O–H groups in total. The van der Waals surface area contributed by atoms with Gasteiger partial charge in [0.2, 0.25) is 40.3 Å². The van der Waals surface area contributed by atoms with Crippen LogP contribution in [0, 0.1) is 22.7 Å². The van der Waals surface area contributed by atoms with Gasteiger partial charge in [-0.3, -0.25) is 58.3 Å². The second-order valence-electron chi connectivity index (χ2n) is 33.4. The lowest BCUT2D eigenvalue weighted by Crippen LogP contribution is -2.61. The van der Waals surface area contributed by atoms with Crippen LogP contribution in [-0.4, -0.2) is 166 Å². The molecule has 4 aliphatic carbocycles. The summed E-state index contributed by atoms with van der Waals surface area (Å²) in [5.74, 6) is -3.93. The van der Waals surface area contributed by atoms with Gasteiger partial charge < -0.3 is 50.5 Å². The highest BCUT2D eigenvalue weighted by Crippen LogP contribution is 2.51. The summed E-state index contributed by atoms with van der Waals surface area (Å²) in [4.78, 5) is 111. The Bertz CT molecular complexity index is 3880. The standard InChI is InChI=1S/C41H61N5O7Si.C24H30BrN5O4.C17H32O3Si/c1-24(2)54(25(3)4,26(5)6)53-32-18-20-41(23-32,40(51)52)19-17-29-11-12-30-15-16-33(44-35(30)22-29)27(7)42-37(48)34-10-9-21-46(45-34)39(50)28(8)43-38(49)36(47)31-13-14-31;1-13(18-10-8-15-7-9-17(25)12-20(15)28-18)26-22(32)19-4-3-11-30(29-19)24(34)14(2)27-23(33)21(31)16-5-6-16;1-8-17(16(18)19)10-9-15(11-17)20-21(12(2)3,13(4)5)14(6)7/h11-12,15-17,19,22,24-28,31-32,34,36,45,47H,9-10,13-14,18,20-21,23H2,1-8H3,(H,42,48)(H,43,49)(H,51,52);7-10,12-14,16,19,21,29,31H,3-6,11H2,1-2H3,(H,26,32)(H,27,33);8,12-15H,1,9-11H2,2-7H3,(H,18,19)/b19-17+;;/t27-,28+,32?,34+,36+,41?;13-,14+,19+,21+;/m11./s1. The molecule has 10 rings (SSSR count). The number of hydrazine groups is 2. The van der Waals surface area contributed by atoms with E-state index in [0.717, 1.165) is 76.1 Å². The molecule has 2 aromatic carbocycles. The van der Waals surface area contributed by atoms with Crippen molar-refractivity contribution in [2.75, 3.05) is 13.1 Å². The number of aliphatic carboxylic acids is 2. The molecular formula is C82H123BrN10O14Si2. The minimum absolute atomic E-state index is 0.0101. The van der Waals surface area contributed by atoms with E-state index in [1.807, 2.05) is 86.7 Å². The SMILES string of the molecule is C=CC1(C(=O)O)CCC(O[Si](C(C)C)(C(C)C)C(C)C)C1.CC(C)[Si](OC1CCC(/C=C/c2ccc3ccc([C@@H](C)NC(=O)[C@@H]4CCCN(C(=O)[C@H](C)NC(=O)[C@@H](O)C5CC5)N4)nc3c2)(C(=O)O)C1)(C(C)C)C(C)C.C[C@H](NC(=O)[C@@H](O)C1CC1)C(=O)N1CCC[C@@H](C(=O)N[C@H](C)c2ccc3ccc(Br)cc3n2)N1. The molecule has 600 valence electrons. The van der Waals surface area contributed by atoms with E-state index in [2.05, 4.69) is 143 Å². The third kappa shape index (κ3) is 21.3. The number of carbonyl (C=O) groups is 8. The Labute approximate surface area is 655 Å². The first-order chi connectivity index (χ1) is 51.3. The number of aliphatic hydroxyl groups is 2. The van der Waals surface area contributed by atoms with Crippen LogP contribution in [0.25, 0.3) is 27.9 Å². The summed E-state index contributed by atoms with van der Waals surface area (Å²) in [6.07, 6.45) is 12.5. The number of rotatable bonds is 29. The number of benzene rings is 2. The van der Waals surface area contributed by atoms with Gasteiger partial charge in [-0.2, -0.15) is 0 Å². The van der Waals surface area contributed by atoms with Crippen molar-refractivity contribution in [3.8, 4) is 0 Å². The van der Waals surface area contributed by atoms with E-state index in [1.54, 1.807) is 19.9 Å². The van der Waals surface area contributed by atoms with Gasteiger partial charge in [-0.15, -0.1) is 6.58 Å². The van der Waals surface area contributed by atoms with Crippen molar-refractivity contribution in [2.45, 2.75) is 295 Å². The molecule has 2 saturated heterocycles. The molecule has 0 spiro atoms. The highest BCUT2D eigenvalue weighted by molar-refractivity contribution is 9.10. The summed E-state index contributed by atoms with van der Waals surface area (Å²) in [6.45, 7) is 38.5. The topological polar surface area (TPSA) is 340 Å². The molecule has 109 heavy (non-hydrogen) atoms. The maximum Gasteiger partial charge on any atom is 0.313 e. The van der Waals surface area contributed by atoms with Crippen molar-refractivity contribution in [3.05, 3.63) is 101 Å². The highest BCUT2D eigenvalue weighted by Gasteiger charge is 2.53. The number of halogens is 1. The molecule has 0 bridgehead atoms. The number of pyridine rings is 2. The number of carboxylic acids is 2. The molecule has 27 heteroatoms.